The Morgan fingerprint density at radius 2 is 1.95 bits per heavy atom. The lowest BCUT2D eigenvalue weighted by Crippen LogP contribution is -2.32. The summed E-state index contributed by atoms with van der Waals surface area (Å²) in [5, 5.41) is 4.18. The number of nitrogens with two attached hydrogens (primary N) is 1. The van der Waals surface area contributed by atoms with Gasteiger partial charge in [0.15, 0.2) is 5.82 Å². The van der Waals surface area contributed by atoms with E-state index in [1.54, 1.807) is 0 Å². The third kappa shape index (κ3) is 4.58. The maximum Gasteiger partial charge on any atom is 0.226 e. The molecule has 1 saturated carbocycles. The SMILES string of the molecule is CCCC1CCC(c2noc(CCC(C)(C)N)n2)CC1. The lowest BCUT2D eigenvalue weighted by atomic mass is 9.80. The Morgan fingerprint density at radius 3 is 2.55 bits per heavy atom. The molecule has 1 aliphatic rings. The highest BCUT2D eigenvalue weighted by molar-refractivity contribution is 4.98. The molecule has 0 atom stereocenters. The average Bonchev–Trinajstić information content (AvgIpc) is 2.86. The van der Waals surface area contributed by atoms with Gasteiger partial charge in [0.1, 0.15) is 0 Å². The molecule has 2 N–H and O–H groups in total. The minimum Gasteiger partial charge on any atom is -0.339 e. The van der Waals surface area contributed by atoms with Gasteiger partial charge in [-0.05, 0) is 51.9 Å². The second-order valence-corrected chi connectivity index (χ2v) is 7.04. The summed E-state index contributed by atoms with van der Waals surface area (Å²) in [6, 6.07) is 0. The molecule has 2 rings (SSSR count). The average molecular weight is 279 g/mol. The molecule has 0 bridgehead atoms. The molecule has 114 valence electrons. The van der Waals surface area contributed by atoms with Crippen LogP contribution in [0.25, 0.3) is 0 Å². The maximum absolute atomic E-state index is 5.99. The first-order chi connectivity index (χ1) is 9.48. The van der Waals surface area contributed by atoms with Crippen molar-refractivity contribution in [1.82, 2.24) is 10.1 Å². The number of hydrogen-bond acceptors (Lipinski definition) is 4. The minimum atomic E-state index is -0.174. The molecule has 4 nitrogen and oxygen atoms in total. The fourth-order valence-corrected chi connectivity index (χ4v) is 3.08. The van der Waals surface area contributed by atoms with Crippen LogP contribution in [0.3, 0.4) is 0 Å². The fourth-order valence-electron chi connectivity index (χ4n) is 3.08. The molecule has 20 heavy (non-hydrogen) atoms. The van der Waals surface area contributed by atoms with E-state index in [0.717, 1.165) is 30.5 Å². The Kier molecular flexibility index (Phi) is 5.19. The Bertz CT molecular complexity index is 400. The van der Waals surface area contributed by atoms with Gasteiger partial charge in [-0.25, -0.2) is 0 Å². The van der Waals surface area contributed by atoms with E-state index < -0.39 is 0 Å². The molecule has 1 aromatic heterocycles. The number of rotatable bonds is 6. The van der Waals surface area contributed by atoms with E-state index in [1.807, 2.05) is 13.8 Å². The second kappa shape index (κ2) is 6.70. The van der Waals surface area contributed by atoms with Crippen LogP contribution < -0.4 is 5.73 Å². The van der Waals surface area contributed by atoms with Gasteiger partial charge in [0.05, 0.1) is 0 Å². The van der Waals surface area contributed by atoms with Crippen molar-refractivity contribution in [1.29, 1.82) is 0 Å². The van der Waals surface area contributed by atoms with Gasteiger partial charge in [-0.2, -0.15) is 4.98 Å². The van der Waals surface area contributed by atoms with E-state index >= 15 is 0 Å². The first-order valence-electron chi connectivity index (χ1n) is 8.09. The monoisotopic (exact) mass is 279 g/mol. The molecule has 0 radical (unpaired) electrons. The standard InChI is InChI=1S/C16H29N3O/c1-4-5-12-6-8-13(9-7-12)15-18-14(20-19-15)10-11-16(2,3)17/h12-13H,4-11,17H2,1-3H3. The zero-order chi connectivity index (χ0) is 14.6. The third-order valence-corrected chi connectivity index (χ3v) is 4.38. The summed E-state index contributed by atoms with van der Waals surface area (Å²) >= 11 is 0. The highest BCUT2D eigenvalue weighted by Gasteiger charge is 2.25. The quantitative estimate of drug-likeness (QED) is 0.860. The summed E-state index contributed by atoms with van der Waals surface area (Å²) in [6.45, 7) is 6.33. The van der Waals surface area contributed by atoms with Crippen molar-refractivity contribution < 1.29 is 4.52 Å². The van der Waals surface area contributed by atoms with Gasteiger partial charge in [0, 0.05) is 17.9 Å². The molecule has 0 spiro atoms. The number of hydrogen-bond donors (Lipinski definition) is 1. The van der Waals surface area contributed by atoms with E-state index in [-0.39, 0.29) is 5.54 Å². The van der Waals surface area contributed by atoms with Crippen LogP contribution in [0.2, 0.25) is 0 Å². The van der Waals surface area contributed by atoms with Crippen LogP contribution >= 0.6 is 0 Å². The lowest BCUT2D eigenvalue weighted by Gasteiger charge is -2.26. The van der Waals surface area contributed by atoms with Crippen LogP contribution in [-0.2, 0) is 6.42 Å². The Labute approximate surface area is 122 Å². The van der Waals surface area contributed by atoms with E-state index in [4.69, 9.17) is 10.3 Å². The maximum atomic E-state index is 5.99. The summed E-state index contributed by atoms with van der Waals surface area (Å²) in [5.74, 6) is 3.09. The van der Waals surface area contributed by atoms with Gasteiger partial charge in [-0.15, -0.1) is 0 Å². The van der Waals surface area contributed by atoms with Crippen molar-refractivity contribution in [2.24, 2.45) is 11.7 Å². The van der Waals surface area contributed by atoms with Crippen molar-refractivity contribution in [3.63, 3.8) is 0 Å². The molecule has 0 saturated heterocycles. The predicted octanol–water partition coefficient (Wildman–Crippen LogP) is 3.81. The summed E-state index contributed by atoms with van der Waals surface area (Å²) in [5.41, 5.74) is 5.81. The van der Waals surface area contributed by atoms with Crippen molar-refractivity contribution in [2.75, 3.05) is 0 Å². The molecule has 4 heteroatoms. The molecule has 0 amide bonds. The van der Waals surface area contributed by atoms with E-state index in [0.29, 0.717) is 5.92 Å². The highest BCUT2D eigenvalue weighted by atomic mass is 16.5. The minimum absolute atomic E-state index is 0.174. The second-order valence-electron chi connectivity index (χ2n) is 7.04. The van der Waals surface area contributed by atoms with E-state index in [2.05, 4.69) is 17.1 Å². The molecular weight excluding hydrogens is 250 g/mol. The van der Waals surface area contributed by atoms with Crippen molar-refractivity contribution in [3.05, 3.63) is 11.7 Å². The van der Waals surface area contributed by atoms with Gasteiger partial charge in [-0.1, -0.05) is 24.9 Å². The van der Waals surface area contributed by atoms with Crippen LogP contribution in [0, 0.1) is 5.92 Å². The zero-order valence-corrected chi connectivity index (χ0v) is 13.2. The topological polar surface area (TPSA) is 64.9 Å². The zero-order valence-electron chi connectivity index (χ0n) is 13.2. The van der Waals surface area contributed by atoms with Crippen LogP contribution in [0.4, 0.5) is 0 Å². The highest BCUT2D eigenvalue weighted by Crippen LogP contribution is 2.36. The summed E-state index contributed by atoms with van der Waals surface area (Å²) < 4.78 is 5.37. The third-order valence-electron chi connectivity index (χ3n) is 4.38. The van der Waals surface area contributed by atoms with Crippen molar-refractivity contribution in [3.8, 4) is 0 Å². The molecule has 0 aliphatic heterocycles. The summed E-state index contributed by atoms with van der Waals surface area (Å²) in [4.78, 5) is 4.57. The van der Waals surface area contributed by atoms with Crippen molar-refractivity contribution in [2.45, 2.75) is 83.6 Å². The van der Waals surface area contributed by atoms with Crippen LogP contribution in [-0.4, -0.2) is 15.7 Å². The number of nitrogens with zero attached hydrogens (tertiary/aromatic N) is 2. The molecule has 0 aromatic carbocycles. The molecule has 1 aliphatic carbocycles. The largest absolute Gasteiger partial charge is 0.339 e. The van der Waals surface area contributed by atoms with Crippen LogP contribution in [0.1, 0.15) is 83.3 Å². The van der Waals surface area contributed by atoms with E-state index in [1.165, 1.54) is 38.5 Å². The Hall–Kier alpha value is -0.900. The smallest absolute Gasteiger partial charge is 0.226 e. The fraction of sp³-hybridized carbons (Fsp3) is 0.875. The normalized spacial score (nSPS) is 24.0. The number of aromatic nitrogens is 2. The van der Waals surface area contributed by atoms with E-state index in [9.17, 15) is 0 Å². The molecule has 0 unspecified atom stereocenters. The first kappa shape index (κ1) is 15.5. The molecular formula is C16H29N3O. The van der Waals surface area contributed by atoms with Crippen molar-refractivity contribution >= 4 is 0 Å². The Morgan fingerprint density at radius 1 is 1.25 bits per heavy atom. The number of aryl methyl sites for hydroxylation is 1. The molecule has 1 aromatic rings. The lowest BCUT2D eigenvalue weighted by molar-refractivity contribution is 0.294. The first-order valence-corrected chi connectivity index (χ1v) is 8.09. The molecule has 1 fully saturated rings. The molecule has 1 heterocycles. The summed E-state index contributed by atoms with van der Waals surface area (Å²) in [6.07, 6.45) is 9.39. The predicted molar refractivity (Wildman–Crippen MR) is 80.5 cm³/mol. The van der Waals surface area contributed by atoms with Gasteiger partial charge < -0.3 is 10.3 Å². The van der Waals surface area contributed by atoms with Gasteiger partial charge >= 0.3 is 0 Å². The van der Waals surface area contributed by atoms with Gasteiger partial charge in [0.2, 0.25) is 5.89 Å². The van der Waals surface area contributed by atoms with Crippen LogP contribution in [0.15, 0.2) is 4.52 Å². The van der Waals surface area contributed by atoms with Gasteiger partial charge in [-0.3, -0.25) is 0 Å². The van der Waals surface area contributed by atoms with Gasteiger partial charge in [0.25, 0.3) is 0 Å². The Balaban J connectivity index is 1.84. The summed E-state index contributed by atoms with van der Waals surface area (Å²) in [7, 11) is 0. The van der Waals surface area contributed by atoms with Crippen LogP contribution in [0.5, 0.6) is 0 Å².